The van der Waals surface area contributed by atoms with Crippen LogP contribution in [0.5, 0.6) is 0 Å². The van der Waals surface area contributed by atoms with Gasteiger partial charge in [-0.25, -0.2) is 13.1 Å². The fraction of sp³-hybridized carbons (Fsp3) is 0.444. The molecule has 29 heavy (non-hydrogen) atoms. The minimum absolute atomic E-state index is 0.0194. The molecule has 1 aromatic carbocycles. The quantitative estimate of drug-likeness (QED) is 0.516. The van der Waals surface area contributed by atoms with Gasteiger partial charge in [-0.1, -0.05) is 11.6 Å². The van der Waals surface area contributed by atoms with Gasteiger partial charge in [0.25, 0.3) is 5.69 Å². The number of furan rings is 1. The van der Waals surface area contributed by atoms with E-state index < -0.39 is 14.9 Å². The fourth-order valence-electron chi connectivity index (χ4n) is 3.19. The van der Waals surface area contributed by atoms with Crippen LogP contribution in [0.3, 0.4) is 0 Å². The normalized spacial score (nSPS) is 16.7. The summed E-state index contributed by atoms with van der Waals surface area (Å²) in [6.07, 6.45) is 0. The Balaban J connectivity index is 1.85. The van der Waals surface area contributed by atoms with Crippen LogP contribution in [0, 0.1) is 24.0 Å². The summed E-state index contributed by atoms with van der Waals surface area (Å²) in [6, 6.07) is 5.54. The topological polar surface area (TPSA) is 115 Å². The summed E-state index contributed by atoms with van der Waals surface area (Å²) in [5.74, 6) is 1.36. The fourth-order valence-corrected chi connectivity index (χ4v) is 4.55. The molecule has 1 atom stereocenters. The van der Waals surface area contributed by atoms with Crippen molar-refractivity contribution >= 4 is 27.3 Å². The lowest BCUT2D eigenvalue weighted by atomic mass is 10.2. The number of morpholine rings is 1. The predicted octanol–water partition coefficient (Wildman–Crippen LogP) is 2.81. The second-order valence-corrected chi connectivity index (χ2v) is 8.94. The van der Waals surface area contributed by atoms with Gasteiger partial charge in [0.2, 0.25) is 10.0 Å². The number of aryl methyl sites for hydroxylation is 1. The smallest absolute Gasteiger partial charge is 0.275 e. The van der Waals surface area contributed by atoms with Crippen LogP contribution in [0.1, 0.15) is 23.1 Å². The lowest BCUT2D eigenvalue weighted by Gasteiger charge is -2.33. The minimum atomic E-state index is -4.03. The molecule has 0 spiro atoms. The van der Waals surface area contributed by atoms with Crippen LogP contribution in [0.15, 0.2) is 33.6 Å². The van der Waals surface area contributed by atoms with Crippen LogP contribution < -0.4 is 4.72 Å². The van der Waals surface area contributed by atoms with Crippen molar-refractivity contribution in [3.05, 3.63) is 56.5 Å². The van der Waals surface area contributed by atoms with Crippen molar-refractivity contribution in [3.8, 4) is 0 Å². The molecular weight excluding hydrogens is 422 g/mol. The number of nitro benzene ring substituents is 1. The molecule has 1 N–H and O–H groups in total. The summed E-state index contributed by atoms with van der Waals surface area (Å²) in [7, 11) is -4.03. The minimum Gasteiger partial charge on any atom is -0.465 e. The molecule has 1 saturated heterocycles. The standard InChI is InChI=1S/C18H22ClN3O6S/c1-12-3-4-18(28-12)17(21-5-7-27-8-6-21)11-20-29(25,26)14-9-15(19)13(2)16(10-14)22(23)24/h3-4,9-10,17,20H,5-8,11H2,1-2H3. The van der Waals surface area contributed by atoms with E-state index in [9.17, 15) is 18.5 Å². The van der Waals surface area contributed by atoms with Crippen LogP contribution in [0.4, 0.5) is 5.69 Å². The van der Waals surface area contributed by atoms with E-state index in [1.54, 1.807) is 0 Å². The van der Waals surface area contributed by atoms with Crippen LogP contribution in [-0.2, 0) is 14.8 Å². The number of sulfonamides is 1. The Labute approximate surface area is 173 Å². The first kappa shape index (κ1) is 21.7. The summed E-state index contributed by atoms with van der Waals surface area (Å²) in [6.45, 7) is 5.68. The third-order valence-electron chi connectivity index (χ3n) is 4.84. The highest BCUT2D eigenvalue weighted by atomic mass is 35.5. The van der Waals surface area contributed by atoms with E-state index in [-0.39, 0.29) is 33.8 Å². The molecule has 1 unspecified atom stereocenters. The zero-order valence-corrected chi connectivity index (χ0v) is 17.6. The van der Waals surface area contributed by atoms with Gasteiger partial charge in [0.1, 0.15) is 11.5 Å². The molecule has 0 saturated carbocycles. The Morgan fingerprint density at radius 2 is 1.97 bits per heavy atom. The monoisotopic (exact) mass is 443 g/mol. The van der Waals surface area contributed by atoms with Crippen molar-refractivity contribution < 1.29 is 22.5 Å². The van der Waals surface area contributed by atoms with Gasteiger partial charge in [-0.3, -0.25) is 15.0 Å². The van der Waals surface area contributed by atoms with Gasteiger partial charge in [-0.05, 0) is 32.0 Å². The molecule has 0 aliphatic carbocycles. The summed E-state index contributed by atoms with van der Waals surface area (Å²) >= 11 is 6.02. The van der Waals surface area contributed by atoms with E-state index in [2.05, 4.69) is 9.62 Å². The van der Waals surface area contributed by atoms with E-state index in [1.165, 1.54) is 13.0 Å². The molecule has 0 amide bonds. The SMILES string of the molecule is Cc1ccc(C(CNS(=O)(=O)c2cc(Cl)c(C)c([N+](=O)[O-])c2)N2CCOCC2)o1. The van der Waals surface area contributed by atoms with Gasteiger partial charge >= 0.3 is 0 Å². The molecule has 1 fully saturated rings. The van der Waals surface area contributed by atoms with Crippen molar-refractivity contribution in [1.29, 1.82) is 0 Å². The van der Waals surface area contributed by atoms with Crippen molar-refractivity contribution in [2.75, 3.05) is 32.8 Å². The summed E-state index contributed by atoms with van der Waals surface area (Å²) in [5, 5.41) is 11.2. The Kier molecular flexibility index (Phi) is 6.59. The number of nitrogens with one attached hydrogen (secondary N) is 1. The van der Waals surface area contributed by atoms with Crippen molar-refractivity contribution in [2.24, 2.45) is 0 Å². The molecule has 158 valence electrons. The maximum atomic E-state index is 12.8. The highest BCUT2D eigenvalue weighted by Gasteiger charge is 2.28. The maximum absolute atomic E-state index is 12.8. The molecular formula is C18H22ClN3O6S. The van der Waals surface area contributed by atoms with Crippen LogP contribution >= 0.6 is 11.6 Å². The number of nitrogens with zero attached hydrogens (tertiary/aromatic N) is 2. The molecule has 9 nitrogen and oxygen atoms in total. The molecule has 1 aromatic heterocycles. The first-order valence-electron chi connectivity index (χ1n) is 9.01. The highest BCUT2D eigenvalue weighted by molar-refractivity contribution is 7.89. The molecule has 2 aromatic rings. The third kappa shape index (κ3) is 4.96. The Morgan fingerprint density at radius 3 is 2.55 bits per heavy atom. The highest BCUT2D eigenvalue weighted by Crippen LogP contribution is 2.30. The van der Waals surface area contributed by atoms with Crippen molar-refractivity contribution in [2.45, 2.75) is 24.8 Å². The van der Waals surface area contributed by atoms with E-state index in [0.717, 1.165) is 11.8 Å². The number of hydrogen-bond donors (Lipinski definition) is 1. The van der Waals surface area contributed by atoms with Gasteiger partial charge < -0.3 is 9.15 Å². The zero-order chi connectivity index (χ0) is 21.2. The van der Waals surface area contributed by atoms with Gasteiger partial charge in [0.15, 0.2) is 0 Å². The van der Waals surface area contributed by atoms with E-state index >= 15 is 0 Å². The van der Waals surface area contributed by atoms with Crippen LogP contribution in [0.2, 0.25) is 5.02 Å². The number of rotatable bonds is 7. The lowest BCUT2D eigenvalue weighted by molar-refractivity contribution is -0.385. The van der Waals surface area contributed by atoms with Crippen LogP contribution in [0.25, 0.3) is 0 Å². The molecule has 0 radical (unpaired) electrons. The second-order valence-electron chi connectivity index (χ2n) is 6.77. The van der Waals surface area contributed by atoms with Crippen LogP contribution in [-0.4, -0.2) is 51.1 Å². The van der Waals surface area contributed by atoms with Crippen molar-refractivity contribution in [1.82, 2.24) is 9.62 Å². The molecule has 11 heteroatoms. The average molecular weight is 444 g/mol. The summed E-state index contributed by atoms with van der Waals surface area (Å²) < 4.78 is 39.3. The van der Waals surface area contributed by atoms with E-state index in [4.69, 9.17) is 20.8 Å². The largest absolute Gasteiger partial charge is 0.465 e. The number of hydrogen-bond acceptors (Lipinski definition) is 7. The molecule has 2 heterocycles. The third-order valence-corrected chi connectivity index (χ3v) is 6.64. The first-order chi connectivity index (χ1) is 13.7. The number of ether oxygens (including phenoxy) is 1. The first-order valence-corrected chi connectivity index (χ1v) is 10.9. The molecule has 1 aliphatic rings. The number of benzene rings is 1. The van der Waals surface area contributed by atoms with Gasteiger partial charge in [0.05, 0.1) is 34.1 Å². The molecule has 1 aliphatic heterocycles. The van der Waals surface area contributed by atoms with E-state index in [1.807, 2.05) is 19.1 Å². The van der Waals surface area contributed by atoms with Gasteiger partial charge in [-0.2, -0.15) is 0 Å². The van der Waals surface area contributed by atoms with Gasteiger partial charge in [-0.15, -0.1) is 0 Å². The average Bonchev–Trinajstić information content (AvgIpc) is 3.10. The van der Waals surface area contributed by atoms with Crippen molar-refractivity contribution in [3.63, 3.8) is 0 Å². The number of nitro groups is 1. The second kappa shape index (κ2) is 8.80. The predicted molar refractivity (Wildman–Crippen MR) is 107 cm³/mol. The Morgan fingerprint density at radius 1 is 1.28 bits per heavy atom. The Hall–Kier alpha value is -1.98. The summed E-state index contributed by atoms with van der Waals surface area (Å²) in [5.41, 5.74) is -0.128. The summed E-state index contributed by atoms with van der Waals surface area (Å²) in [4.78, 5) is 12.4. The molecule has 3 rings (SSSR count). The number of halogens is 1. The van der Waals surface area contributed by atoms with E-state index in [0.29, 0.717) is 32.1 Å². The Bertz CT molecular complexity index is 1000. The maximum Gasteiger partial charge on any atom is 0.275 e. The molecule has 0 bridgehead atoms. The zero-order valence-electron chi connectivity index (χ0n) is 16.1. The lowest BCUT2D eigenvalue weighted by Crippen LogP contribution is -2.43. The van der Waals surface area contributed by atoms with Gasteiger partial charge in [0, 0.05) is 31.3 Å².